The topological polar surface area (TPSA) is 82.5 Å². The van der Waals surface area contributed by atoms with Crippen LogP contribution in [0.5, 0.6) is 0 Å². The number of rotatable bonds is 3. The summed E-state index contributed by atoms with van der Waals surface area (Å²) in [6, 6.07) is 1.88. The standard InChI is InChI=1S/C9H12N6/c1-2-7-3-9(12-5-11-7)15-6-13-8(4-10)14-15/h3,5-6H,2,4,10H2,1H3. The van der Waals surface area contributed by atoms with Crippen LogP contribution in [0.25, 0.3) is 5.82 Å². The Kier molecular flexibility index (Phi) is 2.68. The first-order chi connectivity index (χ1) is 7.33. The first-order valence-electron chi connectivity index (χ1n) is 4.75. The molecule has 2 aromatic rings. The van der Waals surface area contributed by atoms with Crippen molar-refractivity contribution in [2.45, 2.75) is 19.9 Å². The van der Waals surface area contributed by atoms with E-state index in [0.29, 0.717) is 18.2 Å². The van der Waals surface area contributed by atoms with Gasteiger partial charge in [-0.25, -0.2) is 19.6 Å². The average molecular weight is 204 g/mol. The first-order valence-corrected chi connectivity index (χ1v) is 4.75. The van der Waals surface area contributed by atoms with E-state index in [-0.39, 0.29) is 0 Å². The van der Waals surface area contributed by atoms with E-state index < -0.39 is 0 Å². The minimum atomic E-state index is 0.332. The van der Waals surface area contributed by atoms with Crippen molar-refractivity contribution in [2.75, 3.05) is 0 Å². The van der Waals surface area contributed by atoms with Gasteiger partial charge in [0, 0.05) is 11.8 Å². The second kappa shape index (κ2) is 4.14. The van der Waals surface area contributed by atoms with Gasteiger partial charge in [-0.15, -0.1) is 5.10 Å². The van der Waals surface area contributed by atoms with Crippen LogP contribution in [0, 0.1) is 0 Å². The van der Waals surface area contributed by atoms with Gasteiger partial charge in [-0.1, -0.05) is 6.92 Å². The SMILES string of the molecule is CCc1cc(-n2cnc(CN)n2)ncn1. The number of aromatic nitrogens is 5. The molecule has 2 aromatic heterocycles. The van der Waals surface area contributed by atoms with Crippen LogP contribution in [0.2, 0.25) is 0 Å². The number of nitrogens with zero attached hydrogens (tertiary/aromatic N) is 5. The Morgan fingerprint density at radius 3 is 2.87 bits per heavy atom. The first kappa shape index (κ1) is 9.72. The zero-order chi connectivity index (χ0) is 10.7. The monoisotopic (exact) mass is 204 g/mol. The highest BCUT2D eigenvalue weighted by Gasteiger charge is 2.03. The van der Waals surface area contributed by atoms with Gasteiger partial charge in [0.25, 0.3) is 0 Å². The lowest BCUT2D eigenvalue weighted by Crippen LogP contribution is -2.03. The molecule has 0 aliphatic carbocycles. The third-order valence-corrected chi connectivity index (χ3v) is 2.03. The fourth-order valence-corrected chi connectivity index (χ4v) is 1.21. The molecule has 6 nitrogen and oxygen atoms in total. The molecule has 0 bridgehead atoms. The number of hydrogen-bond acceptors (Lipinski definition) is 5. The maximum atomic E-state index is 5.43. The van der Waals surface area contributed by atoms with Gasteiger partial charge >= 0.3 is 0 Å². The lowest BCUT2D eigenvalue weighted by molar-refractivity contribution is 0.798. The molecule has 0 aliphatic rings. The molecule has 0 fully saturated rings. The summed E-state index contributed by atoms with van der Waals surface area (Å²) < 4.78 is 1.60. The minimum Gasteiger partial charge on any atom is -0.324 e. The highest BCUT2D eigenvalue weighted by molar-refractivity contribution is 5.21. The highest BCUT2D eigenvalue weighted by atomic mass is 15.4. The van der Waals surface area contributed by atoms with Gasteiger partial charge in [0.15, 0.2) is 11.6 Å². The van der Waals surface area contributed by atoms with E-state index in [4.69, 9.17) is 5.73 Å². The molecule has 2 rings (SSSR count). The quantitative estimate of drug-likeness (QED) is 0.765. The largest absolute Gasteiger partial charge is 0.324 e. The van der Waals surface area contributed by atoms with Crippen molar-refractivity contribution >= 4 is 0 Å². The van der Waals surface area contributed by atoms with E-state index in [1.807, 2.05) is 13.0 Å². The highest BCUT2D eigenvalue weighted by Crippen LogP contribution is 2.03. The van der Waals surface area contributed by atoms with Gasteiger partial charge in [-0.2, -0.15) is 0 Å². The van der Waals surface area contributed by atoms with E-state index >= 15 is 0 Å². The molecule has 0 atom stereocenters. The summed E-state index contributed by atoms with van der Waals surface area (Å²) in [4.78, 5) is 12.3. The normalized spacial score (nSPS) is 10.5. The fourth-order valence-electron chi connectivity index (χ4n) is 1.21. The summed E-state index contributed by atoms with van der Waals surface area (Å²) in [6.07, 6.45) is 4.00. The van der Waals surface area contributed by atoms with Crippen LogP contribution in [0.1, 0.15) is 18.4 Å². The Balaban J connectivity index is 2.35. The van der Waals surface area contributed by atoms with Gasteiger partial charge in [-0.3, -0.25) is 0 Å². The molecule has 2 N–H and O–H groups in total. The van der Waals surface area contributed by atoms with Crippen LogP contribution in [0.4, 0.5) is 0 Å². The summed E-state index contributed by atoms with van der Waals surface area (Å²) in [6.45, 7) is 2.37. The smallest absolute Gasteiger partial charge is 0.164 e. The van der Waals surface area contributed by atoms with Crippen LogP contribution in [-0.2, 0) is 13.0 Å². The average Bonchev–Trinajstić information content (AvgIpc) is 2.78. The van der Waals surface area contributed by atoms with Crippen LogP contribution < -0.4 is 5.73 Å². The van der Waals surface area contributed by atoms with E-state index in [9.17, 15) is 0 Å². The lowest BCUT2D eigenvalue weighted by atomic mass is 10.3. The Morgan fingerprint density at radius 1 is 1.33 bits per heavy atom. The van der Waals surface area contributed by atoms with Crippen LogP contribution in [0.15, 0.2) is 18.7 Å². The summed E-state index contributed by atoms with van der Waals surface area (Å²) >= 11 is 0. The fraction of sp³-hybridized carbons (Fsp3) is 0.333. The van der Waals surface area contributed by atoms with Gasteiger partial charge in [-0.05, 0) is 6.42 Å². The third-order valence-electron chi connectivity index (χ3n) is 2.03. The van der Waals surface area contributed by atoms with Gasteiger partial charge < -0.3 is 5.73 Å². The Bertz CT molecular complexity index is 449. The van der Waals surface area contributed by atoms with Crippen molar-refractivity contribution in [3.05, 3.63) is 30.2 Å². The maximum Gasteiger partial charge on any atom is 0.164 e. The molecule has 0 aliphatic heterocycles. The zero-order valence-electron chi connectivity index (χ0n) is 8.46. The molecule has 6 heteroatoms. The summed E-state index contributed by atoms with van der Waals surface area (Å²) in [5.41, 5.74) is 6.40. The van der Waals surface area contributed by atoms with E-state index in [0.717, 1.165) is 12.1 Å². The number of hydrogen-bond donors (Lipinski definition) is 1. The Labute approximate surface area is 87.2 Å². The lowest BCUT2D eigenvalue weighted by Gasteiger charge is -2.00. The van der Waals surface area contributed by atoms with Crippen molar-refractivity contribution in [3.63, 3.8) is 0 Å². The Morgan fingerprint density at radius 2 is 2.20 bits per heavy atom. The molecule has 0 radical (unpaired) electrons. The molecule has 0 saturated carbocycles. The molecule has 0 aromatic carbocycles. The molecule has 0 spiro atoms. The van der Waals surface area contributed by atoms with E-state index in [1.54, 1.807) is 11.0 Å². The molecular formula is C9H12N6. The van der Waals surface area contributed by atoms with Crippen molar-refractivity contribution < 1.29 is 0 Å². The predicted molar refractivity (Wildman–Crippen MR) is 54.2 cm³/mol. The molecule has 2 heterocycles. The zero-order valence-corrected chi connectivity index (χ0v) is 8.46. The number of nitrogens with two attached hydrogens (primary N) is 1. The minimum absolute atomic E-state index is 0.332. The summed E-state index contributed by atoms with van der Waals surface area (Å²) in [5, 5.41) is 4.16. The molecule has 0 unspecified atom stereocenters. The summed E-state index contributed by atoms with van der Waals surface area (Å²) in [5.74, 6) is 1.32. The van der Waals surface area contributed by atoms with Crippen LogP contribution in [-0.4, -0.2) is 24.7 Å². The second-order valence-electron chi connectivity index (χ2n) is 3.03. The Hall–Kier alpha value is -1.82. The number of aryl methyl sites for hydroxylation is 1. The van der Waals surface area contributed by atoms with Crippen molar-refractivity contribution in [1.29, 1.82) is 0 Å². The predicted octanol–water partition coefficient (Wildman–Crippen LogP) is 0.0784. The van der Waals surface area contributed by atoms with Crippen LogP contribution >= 0.6 is 0 Å². The van der Waals surface area contributed by atoms with Crippen molar-refractivity contribution in [3.8, 4) is 5.82 Å². The van der Waals surface area contributed by atoms with Gasteiger partial charge in [0.05, 0.1) is 6.54 Å². The molecule has 78 valence electrons. The maximum absolute atomic E-state index is 5.43. The van der Waals surface area contributed by atoms with Crippen LogP contribution in [0.3, 0.4) is 0 Å². The second-order valence-corrected chi connectivity index (χ2v) is 3.03. The van der Waals surface area contributed by atoms with Gasteiger partial charge in [0.2, 0.25) is 0 Å². The molecule has 15 heavy (non-hydrogen) atoms. The molecule has 0 saturated heterocycles. The van der Waals surface area contributed by atoms with Crippen molar-refractivity contribution in [2.24, 2.45) is 5.73 Å². The van der Waals surface area contributed by atoms with Gasteiger partial charge in [0.1, 0.15) is 12.7 Å². The van der Waals surface area contributed by atoms with E-state index in [1.165, 1.54) is 6.33 Å². The summed E-state index contributed by atoms with van der Waals surface area (Å²) in [7, 11) is 0. The third kappa shape index (κ3) is 1.99. The molecular weight excluding hydrogens is 192 g/mol. The van der Waals surface area contributed by atoms with Crippen molar-refractivity contribution in [1.82, 2.24) is 24.7 Å². The molecule has 0 amide bonds. The van der Waals surface area contributed by atoms with E-state index in [2.05, 4.69) is 20.1 Å².